The van der Waals surface area contributed by atoms with E-state index in [0.717, 1.165) is 19.5 Å². The van der Waals surface area contributed by atoms with E-state index in [2.05, 4.69) is 31.1 Å². The summed E-state index contributed by atoms with van der Waals surface area (Å²) in [6.07, 6.45) is 0.901. The lowest BCUT2D eigenvalue weighted by atomic mass is 10.00. The van der Waals surface area contributed by atoms with Gasteiger partial charge in [-0.25, -0.2) is 0 Å². The molecule has 1 aliphatic heterocycles. The van der Waals surface area contributed by atoms with Gasteiger partial charge in [0.2, 0.25) is 5.95 Å². The van der Waals surface area contributed by atoms with E-state index >= 15 is 0 Å². The Hall–Kier alpha value is -3.76. The van der Waals surface area contributed by atoms with Crippen molar-refractivity contribution < 1.29 is 14.6 Å². The van der Waals surface area contributed by atoms with E-state index < -0.39 is 5.91 Å². The van der Waals surface area contributed by atoms with Gasteiger partial charge in [-0.1, -0.05) is 18.2 Å². The lowest BCUT2D eigenvalue weighted by molar-refractivity contribution is 0.0995. The molecule has 0 saturated carbocycles. The lowest BCUT2D eigenvalue weighted by Gasteiger charge is -2.20. The molecule has 1 aliphatic rings. The first-order chi connectivity index (χ1) is 15.1. The van der Waals surface area contributed by atoms with E-state index in [4.69, 9.17) is 10.5 Å². The molecular formula is C21H23N7O3. The zero-order valence-corrected chi connectivity index (χ0v) is 17.0. The first-order valence-corrected chi connectivity index (χ1v) is 9.77. The minimum Gasteiger partial charge on any atom is -0.495 e. The first-order valence-electron chi connectivity index (χ1n) is 9.77. The van der Waals surface area contributed by atoms with Crippen LogP contribution in [0.3, 0.4) is 0 Å². The number of aliphatic hydroxyl groups excluding tert-OH is 1. The maximum Gasteiger partial charge on any atom is 0.273 e. The Bertz CT molecular complexity index is 1120. The number of aromatic nitrogens is 3. The maximum atomic E-state index is 11.8. The number of carbonyl (C=O) groups is 1. The fourth-order valence-electron chi connectivity index (χ4n) is 3.44. The third-order valence-corrected chi connectivity index (χ3v) is 5.02. The van der Waals surface area contributed by atoms with Crippen LogP contribution >= 0.6 is 0 Å². The number of carbonyl (C=O) groups excluding carboxylic acids is 1. The Kier molecular flexibility index (Phi) is 5.92. The summed E-state index contributed by atoms with van der Waals surface area (Å²) < 4.78 is 5.52. The summed E-state index contributed by atoms with van der Waals surface area (Å²) >= 11 is 0. The molecule has 2 heterocycles. The largest absolute Gasteiger partial charge is 0.495 e. The predicted octanol–water partition coefficient (Wildman–Crippen LogP) is 1.60. The fourth-order valence-corrected chi connectivity index (χ4v) is 3.44. The number of rotatable bonds is 7. The van der Waals surface area contributed by atoms with Crippen molar-refractivity contribution in [2.75, 3.05) is 24.3 Å². The minimum absolute atomic E-state index is 0.109. The van der Waals surface area contributed by atoms with Gasteiger partial charge in [0, 0.05) is 17.8 Å². The summed E-state index contributed by atoms with van der Waals surface area (Å²) in [6, 6.07) is 11.1. The molecule has 0 unspecified atom stereocenters. The van der Waals surface area contributed by atoms with Crippen LogP contribution in [0.25, 0.3) is 0 Å². The number of hydrogen-bond acceptors (Lipinski definition) is 9. The monoisotopic (exact) mass is 421 g/mol. The van der Waals surface area contributed by atoms with Crippen molar-refractivity contribution in [1.29, 1.82) is 0 Å². The van der Waals surface area contributed by atoms with Gasteiger partial charge in [0.05, 0.1) is 19.4 Å². The molecule has 1 aromatic heterocycles. The van der Waals surface area contributed by atoms with Crippen LogP contribution in [-0.2, 0) is 19.6 Å². The molecule has 10 heteroatoms. The Morgan fingerprint density at radius 2 is 2.03 bits per heavy atom. The predicted molar refractivity (Wildman–Crippen MR) is 116 cm³/mol. The van der Waals surface area contributed by atoms with E-state index in [0.29, 0.717) is 22.7 Å². The van der Waals surface area contributed by atoms with Gasteiger partial charge in [-0.3, -0.25) is 4.79 Å². The average Bonchev–Trinajstić information content (AvgIpc) is 2.79. The van der Waals surface area contributed by atoms with Gasteiger partial charge in [-0.2, -0.15) is 4.98 Å². The number of primary amides is 1. The molecule has 0 fully saturated rings. The minimum atomic E-state index is -0.769. The van der Waals surface area contributed by atoms with Crippen LogP contribution in [0.4, 0.5) is 23.1 Å². The van der Waals surface area contributed by atoms with Crippen LogP contribution in [0, 0.1) is 0 Å². The number of hydrogen-bond donors (Lipinski definition) is 5. The molecule has 0 aliphatic carbocycles. The van der Waals surface area contributed by atoms with E-state index in [9.17, 15) is 9.90 Å². The Morgan fingerprint density at radius 1 is 1.19 bits per heavy atom. The number of methoxy groups -OCH3 is 1. The number of ether oxygens (including phenoxy) is 1. The van der Waals surface area contributed by atoms with E-state index in [1.165, 1.54) is 11.1 Å². The zero-order chi connectivity index (χ0) is 21.8. The smallest absolute Gasteiger partial charge is 0.273 e. The van der Waals surface area contributed by atoms with Gasteiger partial charge >= 0.3 is 0 Å². The Morgan fingerprint density at radius 3 is 2.81 bits per heavy atom. The highest BCUT2D eigenvalue weighted by atomic mass is 16.5. The molecule has 10 nitrogen and oxygen atoms in total. The Labute approximate surface area is 178 Å². The fraction of sp³-hybridized carbons (Fsp3) is 0.238. The number of para-hydroxylation sites is 1. The first kappa shape index (κ1) is 20.5. The van der Waals surface area contributed by atoms with Gasteiger partial charge < -0.3 is 31.5 Å². The number of benzene rings is 2. The second-order valence-electron chi connectivity index (χ2n) is 7.01. The zero-order valence-electron chi connectivity index (χ0n) is 17.0. The molecule has 3 aromatic rings. The van der Waals surface area contributed by atoms with E-state index in [1.54, 1.807) is 31.4 Å². The SMILES string of the molecule is COc1cc2c(cc1Nc1nnc(C(N)=O)c(Nc3ccccc3CO)n1)CCNC2. The van der Waals surface area contributed by atoms with Crippen molar-refractivity contribution in [2.24, 2.45) is 5.73 Å². The second-order valence-corrected chi connectivity index (χ2v) is 7.01. The van der Waals surface area contributed by atoms with Gasteiger partial charge in [0.15, 0.2) is 11.5 Å². The molecular weight excluding hydrogens is 398 g/mol. The van der Waals surface area contributed by atoms with Crippen LogP contribution in [0.15, 0.2) is 36.4 Å². The maximum absolute atomic E-state index is 11.8. The van der Waals surface area contributed by atoms with Crippen molar-refractivity contribution in [3.63, 3.8) is 0 Å². The quantitative estimate of drug-likeness (QED) is 0.384. The summed E-state index contributed by atoms with van der Waals surface area (Å²) in [7, 11) is 1.59. The lowest BCUT2D eigenvalue weighted by Crippen LogP contribution is -2.23. The summed E-state index contributed by atoms with van der Waals surface area (Å²) in [6.45, 7) is 1.51. The van der Waals surface area contributed by atoms with E-state index in [1.807, 2.05) is 12.1 Å². The van der Waals surface area contributed by atoms with Gasteiger partial charge in [0.1, 0.15) is 5.75 Å². The van der Waals surface area contributed by atoms with Crippen molar-refractivity contribution in [3.05, 3.63) is 58.8 Å². The van der Waals surface area contributed by atoms with Crippen molar-refractivity contribution in [3.8, 4) is 5.75 Å². The number of nitrogens with two attached hydrogens (primary N) is 1. The third kappa shape index (κ3) is 4.39. The molecule has 6 N–H and O–H groups in total. The molecule has 1 amide bonds. The van der Waals surface area contributed by atoms with Gasteiger partial charge in [-0.05, 0) is 42.3 Å². The third-order valence-electron chi connectivity index (χ3n) is 5.02. The van der Waals surface area contributed by atoms with Crippen LogP contribution in [0.2, 0.25) is 0 Å². The molecule has 4 rings (SSSR count). The topological polar surface area (TPSA) is 147 Å². The summed E-state index contributed by atoms with van der Waals surface area (Å²) in [4.78, 5) is 16.2. The molecule has 2 aromatic carbocycles. The van der Waals surface area contributed by atoms with E-state index in [-0.39, 0.29) is 24.1 Å². The Balaban J connectivity index is 1.69. The number of amides is 1. The number of anilines is 4. The molecule has 0 saturated heterocycles. The van der Waals surface area contributed by atoms with Crippen LogP contribution < -0.4 is 26.4 Å². The van der Waals surface area contributed by atoms with Crippen molar-refractivity contribution >= 4 is 29.0 Å². The van der Waals surface area contributed by atoms with Crippen LogP contribution in [-0.4, -0.2) is 39.8 Å². The second kappa shape index (κ2) is 8.94. The standard InChI is InChI=1S/C21H23N7O3/c1-31-17-9-14-10-23-7-6-12(14)8-16(17)25-21-26-20(18(19(22)30)27-28-21)24-15-5-3-2-4-13(15)11-29/h2-5,8-9,23,29H,6-7,10-11H2,1H3,(H2,22,30)(H2,24,25,26,28). The van der Waals surface area contributed by atoms with Gasteiger partial charge in [0.25, 0.3) is 5.91 Å². The van der Waals surface area contributed by atoms with Crippen molar-refractivity contribution in [1.82, 2.24) is 20.5 Å². The number of nitrogens with one attached hydrogen (secondary N) is 3. The molecule has 0 radical (unpaired) electrons. The highest BCUT2D eigenvalue weighted by Gasteiger charge is 2.18. The molecule has 0 bridgehead atoms. The molecule has 160 valence electrons. The molecule has 31 heavy (non-hydrogen) atoms. The molecule has 0 atom stereocenters. The summed E-state index contributed by atoms with van der Waals surface area (Å²) in [5.41, 5.74) is 9.63. The molecule has 0 spiro atoms. The normalized spacial score (nSPS) is 12.7. The van der Waals surface area contributed by atoms with Crippen LogP contribution in [0.1, 0.15) is 27.2 Å². The number of nitrogens with zero attached hydrogens (tertiary/aromatic N) is 3. The van der Waals surface area contributed by atoms with Gasteiger partial charge in [-0.15, -0.1) is 10.2 Å². The highest BCUT2D eigenvalue weighted by Crippen LogP contribution is 2.32. The van der Waals surface area contributed by atoms with Crippen LogP contribution in [0.5, 0.6) is 5.75 Å². The number of aliphatic hydroxyl groups is 1. The number of fused-ring (bicyclic) bond motifs is 1. The summed E-state index contributed by atoms with van der Waals surface area (Å²) in [5, 5.41) is 27.0. The van der Waals surface area contributed by atoms with Crippen molar-refractivity contribution in [2.45, 2.75) is 19.6 Å². The summed E-state index contributed by atoms with van der Waals surface area (Å²) in [5.74, 6) is 0.174. The highest BCUT2D eigenvalue weighted by molar-refractivity contribution is 5.96. The average molecular weight is 421 g/mol.